The molecule has 0 radical (unpaired) electrons. The fraction of sp³-hybridized carbons (Fsp3) is 0.267. The van der Waals surface area contributed by atoms with Crippen LogP contribution in [0.4, 0.5) is 0 Å². The summed E-state index contributed by atoms with van der Waals surface area (Å²) in [7, 11) is 0. The lowest BCUT2D eigenvalue weighted by molar-refractivity contribution is 0.567. The van der Waals surface area contributed by atoms with E-state index in [0.717, 1.165) is 5.75 Å². The molecule has 0 saturated heterocycles. The van der Waals surface area contributed by atoms with E-state index in [1.165, 1.54) is 0 Å². The van der Waals surface area contributed by atoms with Gasteiger partial charge in [-0.1, -0.05) is 25.6 Å². The molecule has 3 heterocycles. The Balaban J connectivity index is 2.01. The quantitative estimate of drug-likeness (QED) is 0.660. The van der Waals surface area contributed by atoms with Gasteiger partial charge in [0.05, 0.1) is 12.5 Å². The van der Waals surface area contributed by atoms with Crippen LogP contribution in [-0.2, 0) is 0 Å². The van der Waals surface area contributed by atoms with Crippen molar-refractivity contribution in [3.63, 3.8) is 0 Å². The second-order valence-electron chi connectivity index (χ2n) is 4.95. The summed E-state index contributed by atoms with van der Waals surface area (Å²) >= 11 is 1.59. The third-order valence-corrected chi connectivity index (χ3v) is 3.99. The average molecular weight is 301 g/mol. The van der Waals surface area contributed by atoms with Gasteiger partial charge in [0.25, 0.3) is 0 Å². The van der Waals surface area contributed by atoms with Crippen molar-refractivity contribution in [1.29, 1.82) is 0 Å². The SMILES string of the molecule is CC(C)CSc1nnc(-c2ccco2)c(-c2ccco2)n1. The molecule has 0 aromatic carbocycles. The van der Waals surface area contributed by atoms with Crippen LogP contribution in [0.3, 0.4) is 0 Å². The maximum Gasteiger partial charge on any atom is 0.209 e. The zero-order valence-corrected chi connectivity index (χ0v) is 12.6. The first-order valence-corrected chi connectivity index (χ1v) is 7.68. The van der Waals surface area contributed by atoms with Crippen LogP contribution in [0.25, 0.3) is 22.9 Å². The summed E-state index contributed by atoms with van der Waals surface area (Å²) in [6, 6.07) is 7.32. The zero-order chi connectivity index (χ0) is 14.7. The second kappa shape index (κ2) is 6.13. The van der Waals surface area contributed by atoms with E-state index < -0.39 is 0 Å². The molecule has 0 saturated carbocycles. The Labute approximate surface area is 126 Å². The number of hydrogen-bond acceptors (Lipinski definition) is 6. The van der Waals surface area contributed by atoms with Crippen LogP contribution in [0.2, 0.25) is 0 Å². The summed E-state index contributed by atoms with van der Waals surface area (Å²) in [5, 5.41) is 9.09. The molecule has 0 atom stereocenters. The van der Waals surface area contributed by atoms with Gasteiger partial charge < -0.3 is 8.83 Å². The molecule has 6 heteroatoms. The molecule has 5 nitrogen and oxygen atoms in total. The first-order chi connectivity index (χ1) is 10.2. The van der Waals surface area contributed by atoms with Crippen LogP contribution in [0.5, 0.6) is 0 Å². The summed E-state index contributed by atoms with van der Waals surface area (Å²) in [5.74, 6) is 2.79. The fourth-order valence-corrected chi connectivity index (χ4v) is 2.51. The standard InChI is InChI=1S/C15H15N3O2S/c1-10(2)9-21-15-16-13(11-5-3-7-19-11)14(17-18-15)12-6-4-8-20-12/h3-8,10H,9H2,1-2H3. The third-order valence-electron chi connectivity index (χ3n) is 2.72. The smallest absolute Gasteiger partial charge is 0.209 e. The van der Waals surface area contributed by atoms with E-state index in [2.05, 4.69) is 29.0 Å². The van der Waals surface area contributed by atoms with Crippen molar-refractivity contribution in [2.24, 2.45) is 5.92 Å². The molecular weight excluding hydrogens is 286 g/mol. The van der Waals surface area contributed by atoms with Gasteiger partial charge in [-0.05, 0) is 30.2 Å². The summed E-state index contributed by atoms with van der Waals surface area (Å²) < 4.78 is 10.9. The lowest BCUT2D eigenvalue weighted by Crippen LogP contribution is -2.00. The first kappa shape index (κ1) is 13.9. The van der Waals surface area contributed by atoms with Gasteiger partial charge in [-0.3, -0.25) is 0 Å². The number of hydrogen-bond donors (Lipinski definition) is 0. The summed E-state index contributed by atoms with van der Waals surface area (Å²) in [5.41, 5.74) is 1.24. The largest absolute Gasteiger partial charge is 0.463 e. The second-order valence-corrected chi connectivity index (χ2v) is 5.94. The maximum absolute atomic E-state index is 5.46. The molecule has 0 N–H and O–H groups in total. The minimum Gasteiger partial charge on any atom is -0.463 e. The highest BCUT2D eigenvalue weighted by atomic mass is 32.2. The number of aromatic nitrogens is 3. The Bertz CT molecular complexity index is 694. The molecule has 0 aliphatic rings. The molecule has 0 amide bonds. The molecular formula is C15H15N3O2S. The minimum atomic E-state index is 0.565. The van der Waals surface area contributed by atoms with Gasteiger partial charge in [-0.15, -0.1) is 10.2 Å². The predicted molar refractivity (Wildman–Crippen MR) is 80.8 cm³/mol. The van der Waals surface area contributed by atoms with Gasteiger partial charge in [0.1, 0.15) is 5.69 Å². The third kappa shape index (κ3) is 3.16. The Morgan fingerprint density at radius 3 is 2.24 bits per heavy atom. The molecule has 0 spiro atoms. The molecule has 21 heavy (non-hydrogen) atoms. The van der Waals surface area contributed by atoms with Crippen molar-refractivity contribution < 1.29 is 8.83 Å². The minimum absolute atomic E-state index is 0.565. The van der Waals surface area contributed by atoms with Crippen LogP contribution in [0.15, 0.2) is 50.8 Å². The molecule has 0 unspecified atom stereocenters. The molecule has 3 aromatic rings. The summed E-state index contributed by atoms with van der Waals surface area (Å²) in [4.78, 5) is 4.58. The van der Waals surface area contributed by atoms with Crippen LogP contribution < -0.4 is 0 Å². The average Bonchev–Trinajstić information content (AvgIpc) is 3.17. The molecule has 3 aromatic heterocycles. The van der Waals surface area contributed by atoms with E-state index in [-0.39, 0.29) is 0 Å². The van der Waals surface area contributed by atoms with Gasteiger partial charge in [0.2, 0.25) is 5.16 Å². The molecule has 0 aliphatic heterocycles. The van der Waals surface area contributed by atoms with E-state index in [1.807, 2.05) is 24.3 Å². The van der Waals surface area contributed by atoms with Gasteiger partial charge in [0.15, 0.2) is 17.2 Å². The van der Waals surface area contributed by atoms with E-state index in [9.17, 15) is 0 Å². The topological polar surface area (TPSA) is 65.0 Å². The highest BCUT2D eigenvalue weighted by Gasteiger charge is 2.17. The zero-order valence-electron chi connectivity index (χ0n) is 11.8. The predicted octanol–water partition coefficient (Wildman–Crippen LogP) is 4.14. The first-order valence-electron chi connectivity index (χ1n) is 6.69. The van der Waals surface area contributed by atoms with Gasteiger partial charge >= 0.3 is 0 Å². The van der Waals surface area contributed by atoms with E-state index in [1.54, 1.807) is 24.3 Å². The Morgan fingerprint density at radius 1 is 1.00 bits per heavy atom. The van der Waals surface area contributed by atoms with Crippen LogP contribution in [-0.4, -0.2) is 20.9 Å². The lowest BCUT2D eigenvalue weighted by atomic mass is 10.2. The number of rotatable bonds is 5. The van der Waals surface area contributed by atoms with Crippen molar-refractivity contribution in [2.45, 2.75) is 19.0 Å². The summed E-state index contributed by atoms with van der Waals surface area (Å²) in [6.45, 7) is 4.32. The Kier molecular flexibility index (Phi) is 4.06. The van der Waals surface area contributed by atoms with Crippen molar-refractivity contribution in [3.8, 4) is 22.9 Å². The Hall–Kier alpha value is -2.08. The Morgan fingerprint density at radius 2 is 1.67 bits per heavy atom. The molecule has 3 rings (SSSR count). The van der Waals surface area contributed by atoms with Gasteiger partial charge in [-0.25, -0.2) is 4.98 Å². The van der Waals surface area contributed by atoms with Crippen LogP contribution in [0.1, 0.15) is 13.8 Å². The lowest BCUT2D eigenvalue weighted by Gasteiger charge is -2.06. The normalized spacial score (nSPS) is 11.2. The van der Waals surface area contributed by atoms with Crippen LogP contribution >= 0.6 is 11.8 Å². The monoisotopic (exact) mass is 301 g/mol. The van der Waals surface area contributed by atoms with Crippen molar-refractivity contribution >= 4 is 11.8 Å². The highest BCUT2D eigenvalue weighted by Crippen LogP contribution is 2.30. The fourth-order valence-electron chi connectivity index (χ4n) is 1.78. The van der Waals surface area contributed by atoms with E-state index >= 15 is 0 Å². The van der Waals surface area contributed by atoms with Gasteiger partial charge in [0, 0.05) is 5.75 Å². The molecule has 0 bridgehead atoms. The summed E-state index contributed by atoms with van der Waals surface area (Å²) in [6.07, 6.45) is 3.22. The van der Waals surface area contributed by atoms with Crippen LogP contribution in [0, 0.1) is 5.92 Å². The number of furan rings is 2. The number of nitrogens with zero attached hydrogens (tertiary/aromatic N) is 3. The van der Waals surface area contributed by atoms with Crippen molar-refractivity contribution in [1.82, 2.24) is 15.2 Å². The maximum atomic E-state index is 5.46. The van der Waals surface area contributed by atoms with E-state index in [0.29, 0.717) is 34.0 Å². The molecule has 108 valence electrons. The van der Waals surface area contributed by atoms with E-state index in [4.69, 9.17) is 8.83 Å². The number of thioether (sulfide) groups is 1. The highest BCUT2D eigenvalue weighted by molar-refractivity contribution is 7.99. The van der Waals surface area contributed by atoms with Crippen molar-refractivity contribution in [2.75, 3.05) is 5.75 Å². The molecule has 0 aliphatic carbocycles. The van der Waals surface area contributed by atoms with Crippen molar-refractivity contribution in [3.05, 3.63) is 36.8 Å². The molecule has 0 fully saturated rings. The van der Waals surface area contributed by atoms with Gasteiger partial charge in [-0.2, -0.15) is 0 Å².